The number of carboxylic acid groups (broad SMARTS) is 1. The van der Waals surface area contributed by atoms with Crippen LogP contribution < -0.4 is 5.32 Å². The van der Waals surface area contributed by atoms with Crippen molar-refractivity contribution in [1.29, 1.82) is 0 Å². The topological polar surface area (TPSA) is 127 Å². The number of amides is 1. The number of rotatable bonds is 6. The largest absolute Gasteiger partial charge is 0.480 e. The van der Waals surface area contributed by atoms with Gasteiger partial charge in [0, 0.05) is 6.42 Å². The Morgan fingerprint density at radius 3 is 2.45 bits per heavy atom. The molecule has 0 aromatic rings. The summed E-state index contributed by atoms with van der Waals surface area (Å²) in [5.41, 5.74) is -0.214. The molecule has 1 amide bonds. The van der Waals surface area contributed by atoms with E-state index in [9.17, 15) is 24.9 Å². The molecule has 5 unspecified atom stereocenters. The Morgan fingerprint density at radius 1 is 1.03 bits per heavy atom. The fraction of sp³-hybridized carbons (Fsp3) is 0.923. The lowest BCUT2D eigenvalue weighted by atomic mass is 9.43. The maximum atomic E-state index is 12.0. The molecule has 188 valence electrons. The third-order valence-electron chi connectivity index (χ3n) is 10.8. The monoisotopic (exact) mass is 466 g/mol. The fourth-order valence-corrected chi connectivity index (χ4v) is 8.95. The lowest BCUT2D eigenvalue weighted by molar-refractivity contribution is -0.207. The van der Waals surface area contributed by atoms with Crippen LogP contribution in [0.2, 0.25) is 0 Å². The van der Waals surface area contributed by atoms with E-state index in [2.05, 4.69) is 26.1 Å². The summed E-state index contributed by atoms with van der Waals surface area (Å²) in [4.78, 5) is 22.7. The van der Waals surface area contributed by atoms with Crippen molar-refractivity contribution in [1.82, 2.24) is 5.32 Å². The molecule has 4 rings (SSSR count). The third-order valence-corrected chi connectivity index (χ3v) is 10.8. The molecule has 11 atom stereocenters. The van der Waals surface area contributed by atoms with E-state index in [0.717, 1.165) is 38.5 Å². The number of aliphatic hydroxyl groups is 3. The molecule has 0 aromatic carbocycles. The summed E-state index contributed by atoms with van der Waals surface area (Å²) in [6.45, 7) is 6.35. The van der Waals surface area contributed by atoms with Gasteiger partial charge in [0.2, 0.25) is 5.91 Å². The molecule has 0 heterocycles. The molecule has 0 aromatic heterocycles. The number of carbonyl (C=O) groups excluding carboxylic acids is 1. The minimum atomic E-state index is -1.04. The molecule has 7 heteroatoms. The van der Waals surface area contributed by atoms with Crippen LogP contribution in [0.5, 0.6) is 0 Å². The molecule has 4 aliphatic rings. The van der Waals surface area contributed by atoms with E-state index < -0.39 is 12.1 Å². The van der Waals surface area contributed by atoms with Gasteiger partial charge in [0.05, 0.1) is 18.3 Å². The van der Waals surface area contributed by atoms with Gasteiger partial charge in [-0.15, -0.1) is 0 Å². The molecule has 4 aliphatic carbocycles. The van der Waals surface area contributed by atoms with Crippen LogP contribution in [0.25, 0.3) is 0 Å². The summed E-state index contributed by atoms with van der Waals surface area (Å²) < 4.78 is 0. The standard InChI is InChI=1S/C26H43NO6/c1-14(4-7-22(31)27-13-23(32)33)17-5-6-18-24-19(12-21(30)26(17,18)3)25(2)9-8-16(28)10-15(25)11-20(24)29/h14-21,24,28-30H,4-13H2,1-3H3,(H,27,31)(H,32,33)/t14?,15?,16-,17-,18?,19?,20-,21+,24?,25+,26-/m1/s1/i13+1. The van der Waals surface area contributed by atoms with Gasteiger partial charge in [0.1, 0.15) is 6.54 Å². The van der Waals surface area contributed by atoms with Gasteiger partial charge in [-0.05, 0) is 97.7 Å². The zero-order chi connectivity index (χ0) is 24.1. The molecular formula is C26H43NO6. The Bertz CT molecular complexity index is 759. The molecule has 0 spiro atoms. The van der Waals surface area contributed by atoms with Gasteiger partial charge in [-0.2, -0.15) is 0 Å². The Balaban J connectivity index is 1.49. The zero-order valence-electron chi connectivity index (χ0n) is 20.4. The van der Waals surface area contributed by atoms with E-state index in [-0.39, 0.29) is 65.1 Å². The first-order valence-corrected chi connectivity index (χ1v) is 13.0. The molecular weight excluding hydrogens is 423 g/mol. The van der Waals surface area contributed by atoms with E-state index in [0.29, 0.717) is 25.2 Å². The molecule has 33 heavy (non-hydrogen) atoms. The molecule has 0 radical (unpaired) electrons. The fourth-order valence-electron chi connectivity index (χ4n) is 8.95. The van der Waals surface area contributed by atoms with Crippen LogP contribution >= 0.6 is 0 Å². The maximum absolute atomic E-state index is 12.0. The van der Waals surface area contributed by atoms with Crippen LogP contribution in [0.3, 0.4) is 0 Å². The number of carboxylic acids is 1. The average molecular weight is 467 g/mol. The van der Waals surface area contributed by atoms with E-state index in [1.807, 2.05) is 0 Å². The van der Waals surface area contributed by atoms with Gasteiger partial charge < -0.3 is 25.7 Å². The molecule has 0 bridgehead atoms. The lowest BCUT2D eigenvalue weighted by Crippen LogP contribution is -2.62. The second kappa shape index (κ2) is 9.12. The van der Waals surface area contributed by atoms with Crippen LogP contribution in [0, 0.1) is 46.3 Å². The van der Waals surface area contributed by atoms with Gasteiger partial charge in [-0.3, -0.25) is 9.59 Å². The van der Waals surface area contributed by atoms with Gasteiger partial charge >= 0.3 is 5.97 Å². The highest BCUT2D eigenvalue weighted by Gasteiger charge is 2.65. The smallest absolute Gasteiger partial charge is 0.322 e. The number of carbonyl (C=O) groups is 2. The van der Waals surface area contributed by atoms with E-state index in [4.69, 9.17) is 5.11 Å². The van der Waals surface area contributed by atoms with Crippen LogP contribution in [0.1, 0.15) is 78.6 Å². The number of hydrogen-bond donors (Lipinski definition) is 5. The Morgan fingerprint density at radius 2 is 1.76 bits per heavy atom. The SMILES string of the molecule is CC(CCC(=O)N[13CH2]C(=O)O)[C@H]1CCC2C3C(C[C@H](O)[C@@]21C)[C@@]1(C)CC[C@@H](O)CC1C[C@H]3O. The van der Waals surface area contributed by atoms with Crippen molar-refractivity contribution in [3.8, 4) is 0 Å². The molecule has 5 N–H and O–H groups in total. The Kier molecular flexibility index (Phi) is 6.89. The minimum absolute atomic E-state index is 0.0668. The predicted octanol–water partition coefficient (Wildman–Crippen LogP) is 2.56. The quantitative estimate of drug-likeness (QED) is 0.383. The average Bonchev–Trinajstić information content (AvgIpc) is 3.11. The van der Waals surface area contributed by atoms with Crippen molar-refractivity contribution in [2.45, 2.75) is 96.9 Å². The summed E-state index contributed by atoms with van der Waals surface area (Å²) in [5, 5.41) is 44.4. The second-order valence-corrected chi connectivity index (χ2v) is 12.2. The number of nitrogens with one attached hydrogen (secondary N) is 1. The van der Waals surface area contributed by atoms with Gasteiger partial charge in [0.15, 0.2) is 0 Å². The van der Waals surface area contributed by atoms with E-state index >= 15 is 0 Å². The van der Waals surface area contributed by atoms with Crippen LogP contribution in [-0.2, 0) is 9.59 Å². The Hall–Kier alpha value is -1.18. The molecule has 7 nitrogen and oxygen atoms in total. The summed E-state index contributed by atoms with van der Waals surface area (Å²) in [6, 6.07) is 0. The van der Waals surface area contributed by atoms with Crippen molar-refractivity contribution in [3.63, 3.8) is 0 Å². The maximum Gasteiger partial charge on any atom is 0.322 e. The van der Waals surface area contributed by atoms with Gasteiger partial charge in [-0.25, -0.2) is 0 Å². The van der Waals surface area contributed by atoms with Crippen molar-refractivity contribution >= 4 is 11.9 Å². The number of hydrogen-bond acceptors (Lipinski definition) is 5. The van der Waals surface area contributed by atoms with Crippen molar-refractivity contribution < 1.29 is 30.0 Å². The van der Waals surface area contributed by atoms with Gasteiger partial charge in [-0.1, -0.05) is 20.8 Å². The summed E-state index contributed by atoms with van der Waals surface area (Å²) in [7, 11) is 0. The van der Waals surface area contributed by atoms with E-state index in [1.165, 1.54) is 0 Å². The normalized spacial score (nSPS) is 47.7. The zero-order valence-corrected chi connectivity index (χ0v) is 20.4. The number of aliphatic carboxylic acids is 1. The highest BCUT2D eigenvalue weighted by molar-refractivity contribution is 5.81. The summed E-state index contributed by atoms with van der Waals surface area (Å²) in [6.07, 6.45) is 5.86. The molecule has 0 saturated heterocycles. The van der Waals surface area contributed by atoms with Crippen molar-refractivity contribution in [2.24, 2.45) is 46.3 Å². The first-order chi connectivity index (χ1) is 15.5. The van der Waals surface area contributed by atoms with Crippen LogP contribution in [0.4, 0.5) is 0 Å². The summed E-state index contributed by atoms with van der Waals surface area (Å²) in [5.74, 6) is 0.265. The highest BCUT2D eigenvalue weighted by atomic mass is 16.4. The third kappa shape index (κ3) is 4.23. The first kappa shape index (κ1) is 24.9. The first-order valence-electron chi connectivity index (χ1n) is 13.0. The highest BCUT2D eigenvalue weighted by Crippen LogP contribution is 2.68. The second-order valence-electron chi connectivity index (χ2n) is 12.2. The number of fused-ring (bicyclic) bond motifs is 5. The van der Waals surface area contributed by atoms with Gasteiger partial charge in [0.25, 0.3) is 0 Å². The van der Waals surface area contributed by atoms with Crippen LogP contribution in [-0.4, -0.2) is 57.2 Å². The minimum Gasteiger partial charge on any atom is -0.480 e. The predicted molar refractivity (Wildman–Crippen MR) is 123 cm³/mol. The number of aliphatic hydroxyl groups excluding tert-OH is 3. The molecule has 0 aliphatic heterocycles. The molecule has 4 saturated carbocycles. The lowest BCUT2D eigenvalue weighted by Gasteiger charge is -2.63. The van der Waals surface area contributed by atoms with Crippen molar-refractivity contribution in [2.75, 3.05) is 6.54 Å². The van der Waals surface area contributed by atoms with E-state index in [1.54, 1.807) is 0 Å². The van der Waals surface area contributed by atoms with Crippen LogP contribution in [0.15, 0.2) is 0 Å². The summed E-state index contributed by atoms with van der Waals surface area (Å²) >= 11 is 0. The molecule has 4 fully saturated rings. The van der Waals surface area contributed by atoms with Crippen molar-refractivity contribution in [3.05, 3.63) is 0 Å². The Labute approximate surface area is 197 Å².